The molecule has 0 bridgehead atoms. The van der Waals surface area contributed by atoms with Crippen LogP contribution in [-0.4, -0.2) is 12.5 Å². The summed E-state index contributed by atoms with van der Waals surface area (Å²) in [5.41, 5.74) is 7.44. The zero-order chi connectivity index (χ0) is 11.3. The van der Waals surface area contributed by atoms with Gasteiger partial charge < -0.3 is 11.1 Å². The molecule has 0 radical (unpaired) electrons. The van der Waals surface area contributed by atoms with E-state index in [-0.39, 0.29) is 5.91 Å². The Morgan fingerprint density at radius 2 is 2.27 bits per heavy atom. The normalized spacial score (nSPS) is 10.3. The van der Waals surface area contributed by atoms with E-state index in [1.807, 2.05) is 0 Å². The summed E-state index contributed by atoms with van der Waals surface area (Å²) < 4.78 is 1.09. The first-order valence-corrected chi connectivity index (χ1v) is 5.63. The number of carbonyl (C=O) groups is 1. The molecule has 1 amide bonds. The molecule has 4 heteroatoms. The van der Waals surface area contributed by atoms with Crippen LogP contribution in [0, 0.1) is 6.92 Å². The molecule has 0 atom stereocenters. The standard InChI is InChI=1S/C11H15BrN2O/c1-8-2-3-9(10(12)6-8)7-14-5-4-11(13)15/h2-3,6,14H,4-5,7H2,1H3,(H2,13,15). The van der Waals surface area contributed by atoms with Crippen molar-refractivity contribution in [2.75, 3.05) is 6.54 Å². The van der Waals surface area contributed by atoms with Crippen LogP contribution in [0.4, 0.5) is 0 Å². The second kappa shape index (κ2) is 5.88. The number of hydrogen-bond donors (Lipinski definition) is 2. The number of carbonyl (C=O) groups excluding carboxylic acids is 1. The lowest BCUT2D eigenvalue weighted by atomic mass is 10.1. The van der Waals surface area contributed by atoms with Crippen LogP contribution in [-0.2, 0) is 11.3 Å². The van der Waals surface area contributed by atoms with E-state index in [1.165, 1.54) is 11.1 Å². The van der Waals surface area contributed by atoms with Crippen LogP contribution in [0.25, 0.3) is 0 Å². The third-order valence-electron chi connectivity index (χ3n) is 2.07. The van der Waals surface area contributed by atoms with Crippen molar-refractivity contribution in [3.05, 3.63) is 33.8 Å². The third kappa shape index (κ3) is 4.44. The Balaban J connectivity index is 2.40. The number of benzene rings is 1. The number of amides is 1. The topological polar surface area (TPSA) is 55.1 Å². The van der Waals surface area contributed by atoms with Crippen molar-refractivity contribution in [3.8, 4) is 0 Å². The fraction of sp³-hybridized carbons (Fsp3) is 0.364. The van der Waals surface area contributed by atoms with Gasteiger partial charge in [0.1, 0.15) is 0 Å². The van der Waals surface area contributed by atoms with Crippen LogP contribution >= 0.6 is 15.9 Å². The van der Waals surface area contributed by atoms with Gasteiger partial charge in [0.05, 0.1) is 0 Å². The van der Waals surface area contributed by atoms with Gasteiger partial charge in [-0.3, -0.25) is 4.79 Å². The average molecular weight is 271 g/mol. The summed E-state index contributed by atoms with van der Waals surface area (Å²) in [7, 11) is 0. The van der Waals surface area contributed by atoms with Gasteiger partial charge in [0, 0.05) is 24.0 Å². The number of hydrogen-bond acceptors (Lipinski definition) is 2. The van der Waals surface area contributed by atoms with Crippen molar-refractivity contribution in [2.24, 2.45) is 5.73 Å². The maximum Gasteiger partial charge on any atom is 0.218 e. The molecule has 3 nitrogen and oxygen atoms in total. The summed E-state index contributed by atoms with van der Waals surface area (Å²) in [5, 5.41) is 3.16. The van der Waals surface area contributed by atoms with Crippen molar-refractivity contribution < 1.29 is 4.79 Å². The molecule has 0 aliphatic carbocycles. The Hall–Kier alpha value is -0.870. The molecule has 1 aromatic carbocycles. The van der Waals surface area contributed by atoms with Crippen LogP contribution in [0.15, 0.2) is 22.7 Å². The number of aryl methyl sites for hydroxylation is 1. The monoisotopic (exact) mass is 270 g/mol. The van der Waals surface area contributed by atoms with Gasteiger partial charge in [0.2, 0.25) is 5.91 Å². The molecule has 3 N–H and O–H groups in total. The second-order valence-corrected chi connectivity index (χ2v) is 4.34. The van der Waals surface area contributed by atoms with Gasteiger partial charge in [-0.2, -0.15) is 0 Å². The molecule has 0 aliphatic rings. The third-order valence-corrected chi connectivity index (χ3v) is 2.81. The number of nitrogens with one attached hydrogen (secondary N) is 1. The Morgan fingerprint density at radius 1 is 1.53 bits per heavy atom. The Bertz CT molecular complexity index is 352. The van der Waals surface area contributed by atoms with Crippen LogP contribution < -0.4 is 11.1 Å². The molecular formula is C11H15BrN2O. The molecule has 0 spiro atoms. The number of halogens is 1. The molecule has 82 valence electrons. The lowest BCUT2D eigenvalue weighted by Gasteiger charge is -2.06. The van der Waals surface area contributed by atoms with Crippen LogP contribution in [0.1, 0.15) is 17.5 Å². The molecule has 1 rings (SSSR count). The van der Waals surface area contributed by atoms with Gasteiger partial charge in [-0.1, -0.05) is 28.1 Å². The Labute approximate surface area is 98.2 Å². The van der Waals surface area contributed by atoms with E-state index in [4.69, 9.17) is 5.73 Å². The molecule has 0 heterocycles. The van der Waals surface area contributed by atoms with Crippen LogP contribution in [0.2, 0.25) is 0 Å². The van der Waals surface area contributed by atoms with Gasteiger partial charge in [0.15, 0.2) is 0 Å². The van der Waals surface area contributed by atoms with E-state index in [0.717, 1.165) is 11.0 Å². The Kier molecular flexibility index (Phi) is 4.78. The van der Waals surface area contributed by atoms with Gasteiger partial charge >= 0.3 is 0 Å². The summed E-state index contributed by atoms with van der Waals surface area (Å²) in [6.45, 7) is 3.42. The highest BCUT2D eigenvalue weighted by molar-refractivity contribution is 9.10. The van der Waals surface area contributed by atoms with Gasteiger partial charge in [-0.05, 0) is 24.1 Å². The van der Waals surface area contributed by atoms with Gasteiger partial charge in [-0.25, -0.2) is 0 Å². The van der Waals surface area contributed by atoms with E-state index in [1.54, 1.807) is 0 Å². The smallest absolute Gasteiger partial charge is 0.218 e. The van der Waals surface area contributed by atoms with E-state index in [2.05, 4.69) is 46.4 Å². The lowest BCUT2D eigenvalue weighted by molar-refractivity contribution is -0.117. The zero-order valence-electron chi connectivity index (χ0n) is 8.72. The van der Waals surface area contributed by atoms with Gasteiger partial charge in [-0.15, -0.1) is 0 Å². The molecule has 1 aromatic rings. The predicted molar refractivity (Wildman–Crippen MR) is 64.4 cm³/mol. The summed E-state index contributed by atoms with van der Waals surface area (Å²) in [6, 6.07) is 6.21. The molecular weight excluding hydrogens is 256 g/mol. The maximum atomic E-state index is 10.5. The number of rotatable bonds is 5. The first-order valence-electron chi connectivity index (χ1n) is 4.83. The number of nitrogens with two attached hydrogens (primary N) is 1. The molecule has 15 heavy (non-hydrogen) atoms. The quantitative estimate of drug-likeness (QED) is 0.801. The molecule has 0 unspecified atom stereocenters. The molecule has 0 aromatic heterocycles. The van der Waals surface area contributed by atoms with E-state index in [9.17, 15) is 4.79 Å². The average Bonchev–Trinajstić information content (AvgIpc) is 2.14. The Morgan fingerprint density at radius 3 is 2.87 bits per heavy atom. The summed E-state index contributed by atoms with van der Waals surface area (Å²) >= 11 is 3.50. The molecule has 0 fully saturated rings. The first-order chi connectivity index (χ1) is 7.09. The minimum absolute atomic E-state index is 0.273. The molecule has 0 saturated heterocycles. The first kappa shape index (κ1) is 12.2. The van der Waals surface area contributed by atoms with Crippen LogP contribution in [0.5, 0.6) is 0 Å². The highest BCUT2D eigenvalue weighted by atomic mass is 79.9. The van der Waals surface area contributed by atoms with Crippen molar-refractivity contribution in [1.82, 2.24) is 5.32 Å². The van der Waals surface area contributed by atoms with Crippen molar-refractivity contribution in [1.29, 1.82) is 0 Å². The minimum atomic E-state index is -0.273. The highest BCUT2D eigenvalue weighted by Crippen LogP contribution is 2.17. The van der Waals surface area contributed by atoms with E-state index >= 15 is 0 Å². The van der Waals surface area contributed by atoms with Crippen molar-refractivity contribution in [2.45, 2.75) is 19.9 Å². The molecule has 0 aliphatic heterocycles. The SMILES string of the molecule is Cc1ccc(CNCCC(N)=O)c(Br)c1. The highest BCUT2D eigenvalue weighted by Gasteiger charge is 1.99. The lowest BCUT2D eigenvalue weighted by Crippen LogP contribution is -2.21. The maximum absolute atomic E-state index is 10.5. The van der Waals surface area contributed by atoms with E-state index < -0.39 is 0 Å². The van der Waals surface area contributed by atoms with Gasteiger partial charge in [0.25, 0.3) is 0 Å². The van der Waals surface area contributed by atoms with Crippen molar-refractivity contribution in [3.63, 3.8) is 0 Å². The fourth-order valence-corrected chi connectivity index (χ4v) is 1.86. The number of primary amides is 1. The second-order valence-electron chi connectivity index (χ2n) is 3.49. The summed E-state index contributed by atoms with van der Waals surface area (Å²) in [4.78, 5) is 10.5. The fourth-order valence-electron chi connectivity index (χ4n) is 1.23. The zero-order valence-corrected chi connectivity index (χ0v) is 10.3. The minimum Gasteiger partial charge on any atom is -0.370 e. The predicted octanol–water partition coefficient (Wildman–Crippen LogP) is 1.72. The van der Waals surface area contributed by atoms with E-state index in [0.29, 0.717) is 13.0 Å². The largest absolute Gasteiger partial charge is 0.370 e. The van der Waals surface area contributed by atoms with Crippen molar-refractivity contribution >= 4 is 21.8 Å². The summed E-state index contributed by atoms with van der Waals surface area (Å²) in [6.07, 6.45) is 0.378. The van der Waals surface area contributed by atoms with Crippen LogP contribution in [0.3, 0.4) is 0 Å². The molecule has 0 saturated carbocycles. The summed E-state index contributed by atoms with van der Waals surface area (Å²) in [5.74, 6) is -0.273.